The van der Waals surface area contributed by atoms with Crippen LogP contribution in [-0.2, 0) is 21.9 Å². The Hall–Kier alpha value is -2.45. The number of aromatic nitrogens is 1. The van der Waals surface area contributed by atoms with Crippen LogP contribution >= 0.6 is 35.3 Å². The van der Waals surface area contributed by atoms with E-state index in [9.17, 15) is 35.9 Å². The smallest absolute Gasteiger partial charge is 0.416 e. The molecule has 2 aromatic rings. The normalized spacial score (nSPS) is 15.9. The van der Waals surface area contributed by atoms with E-state index in [0.717, 1.165) is 23.1 Å². The molecule has 1 saturated heterocycles. The number of unbranched alkanes of at least 4 members (excludes halogenated alkanes) is 2. The lowest BCUT2D eigenvalue weighted by molar-refractivity contribution is -0.143. The fraction of sp³-hybridized carbons (Fsp3) is 0.333. The van der Waals surface area contributed by atoms with Gasteiger partial charge in [-0.1, -0.05) is 30.4 Å². The average molecular weight is 555 g/mol. The van der Waals surface area contributed by atoms with Crippen molar-refractivity contribution < 1.29 is 41.0 Å². The molecule has 1 fully saturated rings. The van der Waals surface area contributed by atoms with Crippen molar-refractivity contribution in [3.8, 4) is 10.6 Å². The summed E-state index contributed by atoms with van der Waals surface area (Å²) in [4.78, 5) is 29.1. The summed E-state index contributed by atoms with van der Waals surface area (Å²) in [7, 11) is 0. The number of alkyl halides is 6. The number of thiocarbonyl (C=S) groups is 1. The fourth-order valence-corrected chi connectivity index (χ4v) is 5.33. The van der Waals surface area contributed by atoms with E-state index in [0.29, 0.717) is 47.1 Å². The Morgan fingerprint density at radius 3 is 2.26 bits per heavy atom. The van der Waals surface area contributed by atoms with Gasteiger partial charge in [-0.15, -0.1) is 11.3 Å². The number of nitrogens with zero attached hydrogens (tertiary/aromatic N) is 2. The van der Waals surface area contributed by atoms with Gasteiger partial charge in [-0.3, -0.25) is 14.5 Å². The van der Waals surface area contributed by atoms with Crippen molar-refractivity contribution in [2.24, 2.45) is 0 Å². The third-order valence-electron chi connectivity index (χ3n) is 4.78. The first-order valence-corrected chi connectivity index (χ1v) is 12.0. The molecule has 3 rings (SSSR count). The zero-order valence-electron chi connectivity index (χ0n) is 17.6. The molecule has 1 aliphatic rings. The van der Waals surface area contributed by atoms with E-state index in [1.807, 2.05) is 0 Å². The van der Waals surface area contributed by atoms with Crippen molar-refractivity contribution in [3.63, 3.8) is 0 Å². The van der Waals surface area contributed by atoms with Gasteiger partial charge < -0.3 is 5.11 Å². The molecule has 5 nitrogen and oxygen atoms in total. The molecule has 1 amide bonds. The van der Waals surface area contributed by atoms with Gasteiger partial charge in [0.05, 0.1) is 16.0 Å². The Morgan fingerprint density at radius 2 is 1.69 bits per heavy atom. The molecular weight excluding hydrogens is 538 g/mol. The molecule has 188 valence electrons. The highest BCUT2D eigenvalue weighted by atomic mass is 32.2. The van der Waals surface area contributed by atoms with Crippen molar-refractivity contribution in [1.82, 2.24) is 9.88 Å². The number of thioether (sulfide) groups is 1. The predicted molar refractivity (Wildman–Crippen MR) is 124 cm³/mol. The van der Waals surface area contributed by atoms with E-state index in [1.54, 1.807) is 0 Å². The maximum atomic E-state index is 13.1. The average Bonchev–Trinajstić information content (AvgIpc) is 3.31. The Balaban J connectivity index is 1.78. The molecule has 14 heteroatoms. The van der Waals surface area contributed by atoms with Crippen LogP contribution in [0.25, 0.3) is 16.6 Å². The topological polar surface area (TPSA) is 70.5 Å². The summed E-state index contributed by atoms with van der Waals surface area (Å²) in [6.45, 7) is 0.306. The van der Waals surface area contributed by atoms with Gasteiger partial charge in [-0.2, -0.15) is 26.3 Å². The number of halogens is 6. The number of aliphatic carboxylic acids is 1. The Morgan fingerprint density at radius 1 is 1.06 bits per heavy atom. The SMILES string of the molecule is O=C(O)CCCCCN1C(=O)/C(=C/c2cnc(-c3cc(C(F)(F)F)cc(C(F)(F)F)c3)s2)SC1=S. The third-order valence-corrected chi connectivity index (χ3v) is 7.15. The first-order valence-electron chi connectivity index (χ1n) is 9.98. The zero-order valence-corrected chi connectivity index (χ0v) is 20.0. The molecule has 0 radical (unpaired) electrons. The van der Waals surface area contributed by atoms with Crippen LogP contribution in [0.5, 0.6) is 0 Å². The number of benzene rings is 1. The van der Waals surface area contributed by atoms with Gasteiger partial charge in [0.15, 0.2) is 0 Å². The highest BCUT2D eigenvalue weighted by Gasteiger charge is 2.37. The molecule has 35 heavy (non-hydrogen) atoms. The second kappa shape index (κ2) is 10.7. The zero-order chi connectivity index (χ0) is 26.0. The number of carboxylic acids is 1. The van der Waals surface area contributed by atoms with E-state index in [2.05, 4.69) is 4.98 Å². The van der Waals surface area contributed by atoms with Crippen molar-refractivity contribution in [1.29, 1.82) is 0 Å². The Bertz CT molecular complexity index is 1140. The van der Waals surface area contributed by atoms with Gasteiger partial charge >= 0.3 is 18.3 Å². The van der Waals surface area contributed by atoms with Crippen LogP contribution < -0.4 is 0 Å². The molecule has 0 aliphatic carbocycles. The summed E-state index contributed by atoms with van der Waals surface area (Å²) in [5.74, 6) is -1.28. The molecule has 2 heterocycles. The summed E-state index contributed by atoms with van der Waals surface area (Å²) in [6, 6.07) is 1.24. The standard InChI is InChI=1S/C21H16F6N2O3S3/c22-20(23,24)12-6-11(7-13(8-12)21(25,26)27)17-28-10-14(34-17)9-15-18(32)29(19(33)35-15)5-3-1-2-4-16(30)31/h6-10H,1-5H2,(H,30,31)/b15-9-. The predicted octanol–water partition coefficient (Wildman–Crippen LogP) is 6.69. The number of carbonyl (C=O) groups excluding carboxylic acids is 1. The second-order valence-corrected chi connectivity index (χ2v) is 10.1. The number of rotatable bonds is 8. The number of hydrogen-bond acceptors (Lipinski definition) is 6. The van der Waals surface area contributed by atoms with Crippen LogP contribution in [0, 0.1) is 0 Å². The number of amides is 1. The second-order valence-electron chi connectivity index (χ2n) is 7.40. The van der Waals surface area contributed by atoms with E-state index >= 15 is 0 Å². The molecular formula is C21H16F6N2O3S3. The largest absolute Gasteiger partial charge is 0.481 e. The maximum Gasteiger partial charge on any atom is 0.416 e. The van der Waals surface area contributed by atoms with Gasteiger partial charge in [0.2, 0.25) is 0 Å². The van der Waals surface area contributed by atoms with Crippen LogP contribution in [0.4, 0.5) is 26.3 Å². The van der Waals surface area contributed by atoms with Gasteiger partial charge in [-0.05, 0) is 37.1 Å². The molecule has 0 unspecified atom stereocenters. The molecule has 1 aromatic heterocycles. The maximum absolute atomic E-state index is 13.1. The minimum atomic E-state index is -4.97. The van der Waals surface area contributed by atoms with Crippen molar-refractivity contribution >= 4 is 57.6 Å². The lowest BCUT2D eigenvalue weighted by atomic mass is 10.1. The monoisotopic (exact) mass is 554 g/mol. The summed E-state index contributed by atoms with van der Waals surface area (Å²) in [5, 5.41) is 8.59. The summed E-state index contributed by atoms with van der Waals surface area (Å²) >= 11 is 7.07. The molecule has 0 bridgehead atoms. The van der Waals surface area contributed by atoms with Crippen LogP contribution in [-0.4, -0.2) is 37.7 Å². The summed E-state index contributed by atoms with van der Waals surface area (Å²) in [5.41, 5.74) is -3.22. The molecule has 0 atom stereocenters. The quantitative estimate of drug-likeness (QED) is 0.170. The number of hydrogen-bond donors (Lipinski definition) is 1. The van der Waals surface area contributed by atoms with Gasteiger partial charge in [0.25, 0.3) is 5.91 Å². The molecule has 1 aliphatic heterocycles. The van der Waals surface area contributed by atoms with Crippen LogP contribution in [0.1, 0.15) is 41.7 Å². The molecule has 0 saturated carbocycles. The number of carbonyl (C=O) groups is 2. The first-order chi connectivity index (χ1) is 16.3. The van der Waals surface area contributed by atoms with Crippen molar-refractivity contribution in [2.45, 2.75) is 38.0 Å². The lowest BCUT2D eigenvalue weighted by Gasteiger charge is -2.13. The van der Waals surface area contributed by atoms with E-state index in [4.69, 9.17) is 17.3 Å². The van der Waals surface area contributed by atoms with Crippen molar-refractivity contribution in [2.75, 3.05) is 6.54 Å². The number of carboxylic acid groups (broad SMARTS) is 1. The Labute approximate surface area is 208 Å². The van der Waals surface area contributed by atoms with Crippen LogP contribution in [0.3, 0.4) is 0 Å². The van der Waals surface area contributed by atoms with Gasteiger partial charge in [0, 0.05) is 29.6 Å². The summed E-state index contributed by atoms with van der Waals surface area (Å²) in [6.07, 6.45) is -5.62. The molecule has 1 aromatic carbocycles. The van der Waals surface area contributed by atoms with Crippen molar-refractivity contribution in [3.05, 3.63) is 45.3 Å². The fourth-order valence-electron chi connectivity index (χ4n) is 3.11. The first kappa shape index (κ1) is 27.1. The lowest BCUT2D eigenvalue weighted by Crippen LogP contribution is -2.29. The van der Waals surface area contributed by atoms with E-state index < -0.39 is 29.4 Å². The van der Waals surface area contributed by atoms with E-state index in [-0.39, 0.29) is 33.9 Å². The van der Waals surface area contributed by atoms with Crippen LogP contribution in [0.15, 0.2) is 29.3 Å². The highest BCUT2D eigenvalue weighted by Crippen LogP contribution is 2.40. The summed E-state index contributed by atoms with van der Waals surface area (Å²) < 4.78 is 79.1. The minimum Gasteiger partial charge on any atom is -0.481 e. The number of thiazole rings is 1. The molecule has 0 spiro atoms. The Kier molecular flexibility index (Phi) is 8.27. The minimum absolute atomic E-state index is 0.0301. The third kappa shape index (κ3) is 7.04. The highest BCUT2D eigenvalue weighted by molar-refractivity contribution is 8.26. The molecule has 1 N–H and O–H groups in total. The van der Waals surface area contributed by atoms with Crippen LogP contribution in [0.2, 0.25) is 0 Å². The van der Waals surface area contributed by atoms with Gasteiger partial charge in [-0.25, -0.2) is 4.98 Å². The van der Waals surface area contributed by atoms with Gasteiger partial charge in [0.1, 0.15) is 9.33 Å². The van der Waals surface area contributed by atoms with E-state index in [1.165, 1.54) is 17.2 Å².